The summed E-state index contributed by atoms with van der Waals surface area (Å²) in [7, 11) is 0. The monoisotopic (exact) mass is 242 g/mol. The summed E-state index contributed by atoms with van der Waals surface area (Å²) in [6, 6.07) is 8.25. The molecule has 1 heterocycles. The maximum Gasteiger partial charge on any atom is 0.0541 e. The topological polar surface area (TPSA) is 59.1 Å². The van der Waals surface area contributed by atoms with Gasteiger partial charge < -0.3 is 10.8 Å². The van der Waals surface area contributed by atoms with Crippen molar-refractivity contribution in [3.05, 3.63) is 42.2 Å². The van der Waals surface area contributed by atoms with E-state index in [1.807, 2.05) is 24.5 Å². The van der Waals surface area contributed by atoms with E-state index in [1.54, 1.807) is 0 Å². The molecule has 0 radical (unpaired) electrons. The van der Waals surface area contributed by atoms with Crippen LogP contribution >= 0.6 is 0 Å². The Morgan fingerprint density at radius 2 is 2.00 bits per heavy atom. The van der Waals surface area contributed by atoms with Crippen LogP contribution in [-0.4, -0.2) is 16.2 Å². The number of rotatable bonds is 1. The van der Waals surface area contributed by atoms with E-state index in [9.17, 15) is 5.11 Å². The van der Waals surface area contributed by atoms with Crippen molar-refractivity contribution in [2.75, 3.05) is 0 Å². The zero-order valence-corrected chi connectivity index (χ0v) is 10.3. The first-order valence-corrected chi connectivity index (χ1v) is 6.49. The molecule has 0 spiro atoms. The minimum Gasteiger partial charge on any atom is -0.393 e. The van der Waals surface area contributed by atoms with Crippen LogP contribution in [0.3, 0.4) is 0 Å². The van der Waals surface area contributed by atoms with Gasteiger partial charge in [-0.05, 0) is 42.7 Å². The third-order valence-corrected chi connectivity index (χ3v) is 4.06. The third-order valence-electron chi connectivity index (χ3n) is 4.06. The molecule has 3 rings (SSSR count). The van der Waals surface area contributed by atoms with Gasteiger partial charge in [-0.25, -0.2) is 0 Å². The van der Waals surface area contributed by atoms with Crippen molar-refractivity contribution in [1.82, 2.24) is 4.98 Å². The van der Waals surface area contributed by atoms with Crippen molar-refractivity contribution < 1.29 is 5.11 Å². The van der Waals surface area contributed by atoms with Crippen LogP contribution in [0, 0.1) is 0 Å². The van der Waals surface area contributed by atoms with E-state index < -0.39 is 0 Å². The fourth-order valence-electron chi connectivity index (χ4n) is 2.94. The highest BCUT2D eigenvalue weighted by atomic mass is 16.3. The highest BCUT2D eigenvalue weighted by molar-refractivity contribution is 5.85. The van der Waals surface area contributed by atoms with Gasteiger partial charge >= 0.3 is 0 Å². The van der Waals surface area contributed by atoms with Gasteiger partial charge in [-0.1, -0.05) is 18.2 Å². The second-order valence-electron chi connectivity index (χ2n) is 5.29. The molecule has 0 atom stereocenters. The smallest absolute Gasteiger partial charge is 0.0541 e. The van der Waals surface area contributed by atoms with Crippen molar-refractivity contribution in [1.29, 1.82) is 0 Å². The van der Waals surface area contributed by atoms with Gasteiger partial charge in [0.15, 0.2) is 0 Å². The number of aliphatic hydroxyl groups is 1. The normalized spacial score (nSPS) is 28.4. The molecule has 1 fully saturated rings. The van der Waals surface area contributed by atoms with E-state index in [-0.39, 0.29) is 11.6 Å². The number of benzene rings is 1. The SMILES string of the molecule is NC1(c2cccc3cnccc23)CCC(O)CC1. The Kier molecular flexibility index (Phi) is 2.80. The molecule has 18 heavy (non-hydrogen) atoms. The summed E-state index contributed by atoms with van der Waals surface area (Å²) in [4.78, 5) is 4.15. The number of aromatic nitrogens is 1. The number of hydrogen-bond acceptors (Lipinski definition) is 3. The number of aliphatic hydroxyl groups excluding tert-OH is 1. The van der Waals surface area contributed by atoms with E-state index in [4.69, 9.17) is 5.73 Å². The highest BCUT2D eigenvalue weighted by Crippen LogP contribution is 2.37. The molecule has 3 nitrogen and oxygen atoms in total. The molecule has 1 aromatic heterocycles. The van der Waals surface area contributed by atoms with Crippen LogP contribution in [0.2, 0.25) is 0 Å². The average Bonchev–Trinajstić information content (AvgIpc) is 2.42. The standard InChI is InChI=1S/C15H18N2O/c16-15(7-4-12(18)5-8-15)14-3-1-2-11-10-17-9-6-13(11)14/h1-3,6,9-10,12,18H,4-5,7-8,16H2. The van der Waals surface area contributed by atoms with Crippen LogP contribution < -0.4 is 5.73 Å². The summed E-state index contributed by atoms with van der Waals surface area (Å²) < 4.78 is 0. The first kappa shape index (κ1) is 11.6. The van der Waals surface area contributed by atoms with Gasteiger partial charge in [0.1, 0.15) is 0 Å². The molecule has 1 saturated carbocycles. The number of nitrogens with zero attached hydrogens (tertiary/aromatic N) is 1. The van der Waals surface area contributed by atoms with Gasteiger partial charge in [0.2, 0.25) is 0 Å². The maximum atomic E-state index is 9.64. The quantitative estimate of drug-likeness (QED) is 0.806. The second-order valence-corrected chi connectivity index (χ2v) is 5.29. The zero-order chi connectivity index (χ0) is 12.6. The lowest BCUT2D eigenvalue weighted by Gasteiger charge is -2.36. The summed E-state index contributed by atoms with van der Waals surface area (Å²) in [5.41, 5.74) is 7.46. The molecule has 94 valence electrons. The molecule has 3 N–H and O–H groups in total. The van der Waals surface area contributed by atoms with Gasteiger partial charge in [-0.15, -0.1) is 0 Å². The number of fused-ring (bicyclic) bond motifs is 1. The summed E-state index contributed by atoms with van der Waals surface area (Å²) >= 11 is 0. The van der Waals surface area contributed by atoms with Crippen molar-refractivity contribution in [2.24, 2.45) is 5.73 Å². The number of nitrogens with two attached hydrogens (primary N) is 1. The minimum absolute atomic E-state index is 0.182. The maximum absolute atomic E-state index is 9.64. The zero-order valence-electron chi connectivity index (χ0n) is 10.3. The average molecular weight is 242 g/mol. The molecular weight excluding hydrogens is 224 g/mol. The molecule has 0 unspecified atom stereocenters. The van der Waals surface area contributed by atoms with Crippen LogP contribution in [0.4, 0.5) is 0 Å². The second kappa shape index (κ2) is 4.34. The van der Waals surface area contributed by atoms with Crippen LogP contribution in [0.25, 0.3) is 10.8 Å². The molecule has 1 aliphatic carbocycles. The Bertz CT molecular complexity index is 554. The Morgan fingerprint density at radius 1 is 1.22 bits per heavy atom. The van der Waals surface area contributed by atoms with Gasteiger partial charge in [0, 0.05) is 23.3 Å². The predicted molar refractivity (Wildman–Crippen MR) is 72.1 cm³/mol. The van der Waals surface area contributed by atoms with E-state index in [1.165, 1.54) is 10.9 Å². The lowest BCUT2D eigenvalue weighted by molar-refractivity contribution is 0.0973. The Labute approximate surface area is 107 Å². The van der Waals surface area contributed by atoms with E-state index >= 15 is 0 Å². The molecule has 0 bridgehead atoms. The fraction of sp³-hybridized carbons (Fsp3) is 0.400. The minimum atomic E-state index is -0.305. The van der Waals surface area contributed by atoms with Crippen molar-refractivity contribution in [3.63, 3.8) is 0 Å². The van der Waals surface area contributed by atoms with Crippen molar-refractivity contribution in [3.8, 4) is 0 Å². The molecule has 0 amide bonds. The molecule has 1 aromatic carbocycles. The lowest BCUT2D eigenvalue weighted by Crippen LogP contribution is -2.41. The van der Waals surface area contributed by atoms with E-state index in [0.717, 1.165) is 31.1 Å². The van der Waals surface area contributed by atoms with Gasteiger partial charge in [0.25, 0.3) is 0 Å². The van der Waals surface area contributed by atoms with Crippen LogP contribution in [0.15, 0.2) is 36.7 Å². The third kappa shape index (κ3) is 1.89. The first-order chi connectivity index (χ1) is 8.69. The molecule has 0 aliphatic heterocycles. The Hall–Kier alpha value is -1.45. The van der Waals surface area contributed by atoms with Gasteiger partial charge in [-0.2, -0.15) is 0 Å². The fourth-order valence-corrected chi connectivity index (χ4v) is 2.94. The summed E-state index contributed by atoms with van der Waals surface area (Å²) in [6.45, 7) is 0. The Morgan fingerprint density at radius 3 is 2.78 bits per heavy atom. The van der Waals surface area contributed by atoms with Crippen molar-refractivity contribution in [2.45, 2.75) is 37.3 Å². The number of pyridine rings is 1. The van der Waals surface area contributed by atoms with E-state index in [0.29, 0.717) is 0 Å². The van der Waals surface area contributed by atoms with Crippen molar-refractivity contribution >= 4 is 10.8 Å². The van der Waals surface area contributed by atoms with Crippen LogP contribution in [-0.2, 0) is 5.54 Å². The van der Waals surface area contributed by atoms with Gasteiger partial charge in [-0.3, -0.25) is 4.98 Å². The van der Waals surface area contributed by atoms with Crippen LogP contribution in [0.5, 0.6) is 0 Å². The lowest BCUT2D eigenvalue weighted by atomic mass is 9.75. The predicted octanol–water partition coefficient (Wildman–Crippen LogP) is 2.32. The molecule has 2 aromatic rings. The van der Waals surface area contributed by atoms with E-state index in [2.05, 4.69) is 17.1 Å². The molecule has 0 saturated heterocycles. The highest BCUT2D eigenvalue weighted by Gasteiger charge is 2.33. The largest absolute Gasteiger partial charge is 0.393 e. The van der Waals surface area contributed by atoms with Crippen LogP contribution in [0.1, 0.15) is 31.2 Å². The first-order valence-electron chi connectivity index (χ1n) is 6.49. The summed E-state index contributed by atoms with van der Waals surface area (Å²) in [6.07, 6.45) is 6.77. The summed E-state index contributed by atoms with van der Waals surface area (Å²) in [5, 5.41) is 12.0. The molecule has 1 aliphatic rings. The Balaban J connectivity index is 2.08. The molecular formula is C15H18N2O. The summed E-state index contributed by atoms with van der Waals surface area (Å²) in [5.74, 6) is 0. The van der Waals surface area contributed by atoms with Gasteiger partial charge in [0.05, 0.1) is 6.10 Å². The number of hydrogen-bond donors (Lipinski definition) is 2. The molecule has 3 heteroatoms.